The number of hydrogen-bond acceptors (Lipinski definition) is 6. The average molecular weight is 500 g/mol. The lowest BCUT2D eigenvalue weighted by Gasteiger charge is -2.09. The van der Waals surface area contributed by atoms with E-state index in [1.165, 1.54) is 22.4 Å². The average Bonchev–Trinajstić information content (AvgIpc) is 3.43. The molecule has 0 aliphatic carbocycles. The maximum absolute atomic E-state index is 13.2. The van der Waals surface area contributed by atoms with Gasteiger partial charge < -0.3 is 15.8 Å². The van der Waals surface area contributed by atoms with Crippen molar-refractivity contribution in [3.8, 4) is 5.75 Å². The number of carbonyl (C=O) groups excluding carboxylic acids is 2. The summed E-state index contributed by atoms with van der Waals surface area (Å²) < 4.78 is 33.5. The molecular weight excluding hydrogens is 476 g/mol. The lowest BCUT2D eigenvalue weighted by Crippen LogP contribution is -2.17. The van der Waals surface area contributed by atoms with E-state index >= 15 is 0 Å². The SMILES string of the molecule is Cc1cc(C(F)F)nc2sc(C(N)=O)c(NC(=O)c3ccn(COc4ccc(C(C)C)cc4)n3)c12. The van der Waals surface area contributed by atoms with Crippen molar-refractivity contribution in [3.05, 3.63) is 70.0 Å². The van der Waals surface area contributed by atoms with E-state index in [2.05, 4.69) is 29.2 Å². The van der Waals surface area contributed by atoms with Crippen LogP contribution in [0.2, 0.25) is 0 Å². The first-order valence-electron chi connectivity index (χ1n) is 10.7. The molecule has 0 aliphatic rings. The van der Waals surface area contributed by atoms with Crippen molar-refractivity contribution in [2.45, 2.75) is 39.8 Å². The van der Waals surface area contributed by atoms with Crippen LogP contribution >= 0.6 is 11.3 Å². The first kappa shape index (κ1) is 24.3. The van der Waals surface area contributed by atoms with Gasteiger partial charge in [-0.05, 0) is 48.2 Å². The Hall–Kier alpha value is -3.86. The standard InChI is InChI=1S/C24H23F2N5O3S/c1-12(2)14-4-6-15(7-5-14)34-11-31-9-8-16(30-31)23(33)29-19-18-13(3)10-17(21(25)26)28-24(18)35-20(19)22(27)32/h4-10,12,21H,11H2,1-3H3,(H2,27,32)(H,29,33). The van der Waals surface area contributed by atoms with Gasteiger partial charge in [0.15, 0.2) is 12.4 Å². The number of amides is 2. The predicted octanol–water partition coefficient (Wildman–Crippen LogP) is 5.25. The summed E-state index contributed by atoms with van der Waals surface area (Å²) >= 11 is 0.849. The van der Waals surface area contributed by atoms with Gasteiger partial charge in [-0.15, -0.1) is 11.3 Å². The molecule has 0 atom stereocenters. The number of halogens is 2. The Bertz CT molecular complexity index is 1400. The van der Waals surface area contributed by atoms with Gasteiger partial charge in [0.25, 0.3) is 18.2 Å². The normalized spacial score (nSPS) is 11.4. The molecule has 0 aliphatic heterocycles. The lowest BCUT2D eigenvalue weighted by atomic mass is 10.0. The number of hydrogen-bond donors (Lipinski definition) is 2. The molecule has 182 valence electrons. The smallest absolute Gasteiger partial charge is 0.280 e. The summed E-state index contributed by atoms with van der Waals surface area (Å²) in [6.45, 7) is 5.90. The van der Waals surface area contributed by atoms with Crippen molar-refractivity contribution >= 4 is 39.1 Å². The van der Waals surface area contributed by atoms with Crippen LogP contribution in [0.3, 0.4) is 0 Å². The first-order valence-corrected chi connectivity index (χ1v) is 11.5. The number of aryl methyl sites for hydroxylation is 1. The van der Waals surface area contributed by atoms with Crippen molar-refractivity contribution in [2.75, 3.05) is 5.32 Å². The Kier molecular flexibility index (Phi) is 6.79. The molecule has 0 saturated carbocycles. The van der Waals surface area contributed by atoms with Crippen molar-refractivity contribution in [3.63, 3.8) is 0 Å². The Labute approximate surface area is 203 Å². The second-order valence-electron chi connectivity index (χ2n) is 8.21. The number of pyridine rings is 1. The van der Waals surface area contributed by atoms with E-state index in [0.717, 1.165) is 11.3 Å². The fraction of sp³-hybridized carbons (Fsp3) is 0.250. The number of nitrogens with zero attached hydrogens (tertiary/aromatic N) is 3. The molecule has 0 unspecified atom stereocenters. The van der Waals surface area contributed by atoms with Crippen molar-refractivity contribution < 1.29 is 23.1 Å². The van der Waals surface area contributed by atoms with Crippen molar-refractivity contribution in [2.24, 2.45) is 5.73 Å². The number of benzene rings is 1. The molecule has 0 fully saturated rings. The van der Waals surface area contributed by atoms with Crippen LogP contribution in [0.4, 0.5) is 14.5 Å². The van der Waals surface area contributed by atoms with Gasteiger partial charge in [-0.3, -0.25) is 9.59 Å². The maximum Gasteiger partial charge on any atom is 0.280 e. The number of primary amides is 1. The van der Waals surface area contributed by atoms with Crippen LogP contribution in [-0.2, 0) is 6.73 Å². The van der Waals surface area contributed by atoms with E-state index in [1.54, 1.807) is 13.1 Å². The summed E-state index contributed by atoms with van der Waals surface area (Å²) in [6, 6.07) is 10.4. The molecule has 8 nitrogen and oxygen atoms in total. The van der Waals surface area contributed by atoms with Gasteiger partial charge in [-0.1, -0.05) is 26.0 Å². The third-order valence-corrected chi connectivity index (χ3v) is 6.45. The zero-order chi connectivity index (χ0) is 25.3. The molecule has 0 saturated heterocycles. The van der Waals surface area contributed by atoms with E-state index in [0.29, 0.717) is 22.6 Å². The number of anilines is 1. The highest BCUT2D eigenvalue weighted by atomic mass is 32.1. The summed E-state index contributed by atoms with van der Waals surface area (Å²) in [4.78, 5) is 29.0. The fourth-order valence-electron chi connectivity index (χ4n) is 3.53. The molecule has 4 rings (SSSR count). The van der Waals surface area contributed by atoms with Gasteiger partial charge in [0.05, 0.1) is 5.69 Å². The largest absolute Gasteiger partial charge is 0.471 e. The predicted molar refractivity (Wildman–Crippen MR) is 129 cm³/mol. The second-order valence-corrected chi connectivity index (χ2v) is 9.21. The third kappa shape index (κ3) is 5.14. The molecule has 3 aromatic heterocycles. The maximum atomic E-state index is 13.2. The van der Waals surface area contributed by atoms with Gasteiger partial charge in [0.1, 0.15) is 21.2 Å². The number of carbonyl (C=O) groups is 2. The highest BCUT2D eigenvalue weighted by Crippen LogP contribution is 2.38. The highest BCUT2D eigenvalue weighted by Gasteiger charge is 2.24. The first-order chi connectivity index (χ1) is 16.6. The summed E-state index contributed by atoms with van der Waals surface area (Å²) in [5.74, 6) is -0.316. The topological polar surface area (TPSA) is 112 Å². The van der Waals surface area contributed by atoms with Gasteiger partial charge >= 0.3 is 0 Å². The summed E-state index contributed by atoms with van der Waals surface area (Å²) in [7, 11) is 0. The molecule has 1 aromatic carbocycles. The molecule has 0 bridgehead atoms. The van der Waals surface area contributed by atoms with Crippen LogP contribution < -0.4 is 15.8 Å². The second kappa shape index (κ2) is 9.79. The van der Waals surface area contributed by atoms with Gasteiger partial charge in [-0.25, -0.2) is 18.4 Å². The zero-order valence-electron chi connectivity index (χ0n) is 19.2. The molecule has 0 radical (unpaired) electrons. The van der Waals surface area contributed by atoms with Crippen molar-refractivity contribution in [1.82, 2.24) is 14.8 Å². The summed E-state index contributed by atoms with van der Waals surface area (Å²) in [5.41, 5.74) is 6.90. The molecule has 3 N–H and O–H groups in total. The van der Waals surface area contributed by atoms with Crippen molar-refractivity contribution in [1.29, 1.82) is 0 Å². The van der Waals surface area contributed by atoms with Crippen LogP contribution in [0.5, 0.6) is 5.75 Å². The Morgan fingerprint density at radius 3 is 2.54 bits per heavy atom. The van der Waals surface area contributed by atoms with Crippen LogP contribution in [0, 0.1) is 6.92 Å². The summed E-state index contributed by atoms with van der Waals surface area (Å²) in [6.07, 6.45) is -1.19. The number of aromatic nitrogens is 3. The fourth-order valence-corrected chi connectivity index (χ4v) is 4.60. The minimum atomic E-state index is -2.77. The molecule has 3 heterocycles. The molecule has 11 heteroatoms. The number of nitrogens with one attached hydrogen (secondary N) is 1. The molecular formula is C24H23F2N5O3S. The number of thiophene rings is 1. The van der Waals surface area contributed by atoms with E-state index in [1.807, 2.05) is 24.3 Å². The number of alkyl halides is 2. The minimum Gasteiger partial charge on any atom is -0.471 e. The molecule has 4 aromatic rings. The number of rotatable bonds is 8. The highest BCUT2D eigenvalue weighted by molar-refractivity contribution is 7.21. The Morgan fingerprint density at radius 2 is 1.91 bits per heavy atom. The van der Waals surface area contributed by atoms with E-state index in [9.17, 15) is 18.4 Å². The number of fused-ring (bicyclic) bond motifs is 1. The quantitative estimate of drug-likeness (QED) is 0.344. The monoisotopic (exact) mass is 499 g/mol. The van der Waals surface area contributed by atoms with Crippen LogP contribution in [0.15, 0.2) is 42.6 Å². The van der Waals surface area contributed by atoms with E-state index in [4.69, 9.17) is 10.5 Å². The van der Waals surface area contributed by atoms with Crippen LogP contribution in [0.1, 0.15) is 63.2 Å². The number of nitrogens with two attached hydrogens (primary N) is 1. The van der Waals surface area contributed by atoms with Crippen LogP contribution in [0.25, 0.3) is 10.2 Å². The van der Waals surface area contributed by atoms with Gasteiger partial charge in [0, 0.05) is 11.6 Å². The van der Waals surface area contributed by atoms with Crippen LogP contribution in [-0.4, -0.2) is 26.6 Å². The van der Waals surface area contributed by atoms with Gasteiger partial charge in [-0.2, -0.15) is 5.10 Å². The minimum absolute atomic E-state index is 0.0166. The van der Waals surface area contributed by atoms with E-state index in [-0.39, 0.29) is 27.8 Å². The number of ether oxygens (including phenoxy) is 1. The Balaban J connectivity index is 1.52. The summed E-state index contributed by atoms with van der Waals surface area (Å²) in [5, 5.41) is 7.25. The molecule has 2 amide bonds. The zero-order valence-corrected chi connectivity index (χ0v) is 20.0. The molecule has 0 spiro atoms. The van der Waals surface area contributed by atoms with E-state index < -0.39 is 23.9 Å². The third-order valence-electron chi connectivity index (χ3n) is 5.35. The molecule has 35 heavy (non-hydrogen) atoms. The lowest BCUT2D eigenvalue weighted by molar-refractivity contribution is 0.100. The Morgan fingerprint density at radius 1 is 1.20 bits per heavy atom. The van der Waals surface area contributed by atoms with Gasteiger partial charge in [0.2, 0.25) is 0 Å².